The van der Waals surface area contributed by atoms with Crippen LogP contribution in [0.15, 0.2) is 18.2 Å². The predicted molar refractivity (Wildman–Crippen MR) is 91.6 cm³/mol. The normalized spacial score (nSPS) is 18.0. The molecule has 1 heterocycles. The Morgan fingerprint density at radius 2 is 2.18 bits per heavy atom. The van der Waals surface area contributed by atoms with Gasteiger partial charge in [0.25, 0.3) is 0 Å². The standard InChI is InChI=1S/C16H21N3O2S/c1-21-14-8-7-12(18-16(22)17-11-5-6-11)10-13(14)19-9-3-2-4-15(19)20/h7-8,10-11H,2-6,9H2,1H3,(H2,17,18,22). The summed E-state index contributed by atoms with van der Waals surface area (Å²) >= 11 is 5.30. The topological polar surface area (TPSA) is 53.6 Å². The SMILES string of the molecule is COc1ccc(NC(=S)NC2CC2)cc1N1CCCCC1=O. The van der Waals surface area contributed by atoms with E-state index >= 15 is 0 Å². The predicted octanol–water partition coefficient (Wildman–Crippen LogP) is 2.66. The number of rotatable bonds is 4. The van der Waals surface area contributed by atoms with E-state index < -0.39 is 0 Å². The van der Waals surface area contributed by atoms with Gasteiger partial charge < -0.3 is 20.3 Å². The van der Waals surface area contributed by atoms with Crippen molar-refractivity contribution in [3.63, 3.8) is 0 Å². The molecule has 2 aliphatic rings. The Labute approximate surface area is 136 Å². The van der Waals surface area contributed by atoms with E-state index in [1.54, 1.807) is 7.11 Å². The Bertz CT molecular complexity index is 587. The molecule has 2 fully saturated rings. The van der Waals surface area contributed by atoms with Crippen molar-refractivity contribution >= 4 is 34.6 Å². The van der Waals surface area contributed by atoms with Gasteiger partial charge >= 0.3 is 0 Å². The lowest BCUT2D eigenvalue weighted by Crippen LogP contribution is -2.35. The molecule has 5 nitrogen and oxygen atoms in total. The number of nitrogens with one attached hydrogen (secondary N) is 2. The van der Waals surface area contributed by atoms with E-state index in [4.69, 9.17) is 17.0 Å². The number of thiocarbonyl (C=S) groups is 1. The average molecular weight is 319 g/mol. The molecule has 22 heavy (non-hydrogen) atoms. The molecule has 0 atom stereocenters. The maximum Gasteiger partial charge on any atom is 0.227 e. The van der Waals surface area contributed by atoms with Crippen LogP contribution >= 0.6 is 12.2 Å². The highest BCUT2D eigenvalue weighted by Crippen LogP contribution is 2.33. The lowest BCUT2D eigenvalue weighted by Gasteiger charge is -2.28. The summed E-state index contributed by atoms with van der Waals surface area (Å²) in [4.78, 5) is 14.0. The second kappa shape index (κ2) is 6.52. The summed E-state index contributed by atoms with van der Waals surface area (Å²) < 4.78 is 5.41. The van der Waals surface area contributed by atoms with Gasteiger partial charge in [0.05, 0.1) is 12.8 Å². The Morgan fingerprint density at radius 3 is 2.86 bits per heavy atom. The maximum absolute atomic E-state index is 12.2. The van der Waals surface area contributed by atoms with Crippen LogP contribution in [-0.4, -0.2) is 30.7 Å². The fourth-order valence-corrected chi connectivity index (χ4v) is 2.90. The fourth-order valence-electron chi connectivity index (χ4n) is 2.62. The molecular formula is C16H21N3O2S. The number of benzene rings is 1. The summed E-state index contributed by atoms with van der Waals surface area (Å²) in [7, 11) is 1.62. The minimum absolute atomic E-state index is 0.153. The minimum Gasteiger partial charge on any atom is -0.495 e. The number of anilines is 2. The third-order valence-corrected chi connectivity index (χ3v) is 4.18. The van der Waals surface area contributed by atoms with Crippen LogP contribution in [0.1, 0.15) is 32.1 Å². The van der Waals surface area contributed by atoms with Gasteiger partial charge in [0.1, 0.15) is 5.75 Å². The van der Waals surface area contributed by atoms with Crippen molar-refractivity contribution in [1.29, 1.82) is 0 Å². The van der Waals surface area contributed by atoms with Gasteiger partial charge in [0.2, 0.25) is 5.91 Å². The summed E-state index contributed by atoms with van der Waals surface area (Å²) in [5.41, 5.74) is 1.68. The molecule has 0 bridgehead atoms. The van der Waals surface area contributed by atoms with E-state index in [1.807, 2.05) is 23.1 Å². The highest BCUT2D eigenvalue weighted by atomic mass is 32.1. The highest BCUT2D eigenvalue weighted by molar-refractivity contribution is 7.80. The van der Waals surface area contributed by atoms with Crippen molar-refractivity contribution in [2.45, 2.75) is 38.1 Å². The van der Waals surface area contributed by atoms with Crippen molar-refractivity contribution in [3.8, 4) is 5.75 Å². The second-order valence-electron chi connectivity index (χ2n) is 5.76. The summed E-state index contributed by atoms with van der Waals surface area (Å²) in [6.07, 6.45) is 4.94. The van der Waals surface area contributed by atoms with Crippen LogP contribution in [0, 0.1) is 0 Å². The van der Waals surface area contributed by atoms with Crippen LogP contribution < -0.4 is 20.3 Å². The van der Waals surface area contributed by atoms with Crippen molar-refractivity contribution < 1.29 is 9.53 Å². The molecule has 6 heteroatoms. The number of piperidine rings is 1. The molecule has 0 unspecified atom stereocenters. The monoisotopic (exact) mass is 319 g/mol. The van der Waals surface area contributed by atoms with Crippen LogP contribution in [-0.2, 0) is 4.79 Å². The Balaban J connectivity index is 1.78. The molecule has 0 aromatic heterocycles. The Kier molecular flexibility index (Phi) is 4.47. The molecule has 1 amide bonds. The summed E-state index contributed by atoms with van der Waals surface area (Å²) in [6.45, 7) is 0.740. The molecule has 1 aromatic rings. The summed E-state index contributed by atoms with van der Waals surface area (Å²) in [5.74, 6) is 0.863. The van der Waals surface area contributed by atoms with Crippen LogP contribution in [0.25, 0.3) is 0 Å². The molecule has 1 aliphatic heterocycles. The zero-order valence-corrected chi connectivity index (χ0v) is 13.5. The second-order valence-corrected chi connectivity index (χ2v) is 6.17. The molecule has 2 N–H and O–H groups in total. The van der Waals surface area contributed by atoms with E-state index in [9.17, 15) is 4.79 Å². The molecule has 1 aliphatic carbocycles. The Morgan fingerprint density at radius 1 is 1.36 bits per heavy atom. The number of hydrogen-bond donors (Lipinski definition) is 2. The zero-order valence-electron chi connectivity index (χ0n) is 12.7. The third kappa shape index (κ3) is 3.50. The van der Waals surface area contributed by atoms with E-state index in [0.29, 0.717) is 23.3 Å². The maximum atomic E-state index is 12.2. The van der Waals surface area contributed by atoms with Gasteiger partial charge in [0.15, 0.2) is 5.11 Å². The summed E-state index contributed by atoms with van der Waals surface area (Å²) in [6, 6.07) is 6.24. The first-order valence-corrected chi connectivity index (χ1v) is 8.14. The van der Waals surface area contributed by atoms with Gasteiger partial charge in [-0.3, -0.25) is 4.79 Å². The molecule has 1 saturated carbocycles. The van der Waals surface area contributed by atoms with Crippen molar-refractivity contribution in [2.75, 3.05) is 23.9 Å². The number of carbonyl (C=O) groups excluding carboxylic acids is 1. The third-order valence-electron chi connectivity index (χ3n) is 3.96. The number of nitrogens with zero attached hydrogens (tertiary/aromatic N) is 1. The van der Waals surface area contributed by atoms with Crippen molar-refractivity contribution in [2.24, 2.45) is 0 Å². The van der Waals surface area contributed by atoms with Crippen LogP contribution in [0.2, 0.25) is 0 Å². The number of ether oxygens (including phenoxy) is 1. The largest absolute Gasteiger partial charge is 0.495 e. The average Bonchev–Trinajstić information content (AvgIpc) is 3.31. The van der Waals surface area contributed by atoms with Gasteiger partial charge in [0, 0.05) is 24.7 Å². The molecule has 1 saturated heterocycles. The van der Waals surface area contributed by atoms with E-state index in [1.165, 1.54) is 12.8 Å². The van der Waals surface area contributed by atoms with Crippen molar-refractivity contribution in [1.82, 2.24) is 5.32 Å². The van der Waals surface area contributed by atoms with Crippen LogP contribution in [0.4, 0.5) is 11.4 Å². The lowest BCUT2D eigenvalue weighted by molar-refractivity contribution is -0.119. The van der Waals surface area contributed by atoms with Gasteiger partial charge in [-0.25, -0.2) is 0 Å². The van der Waals surface area contributed by atoms with E-state index in [-0.39, 0.29) is 5.91 Å². The zero-order chi connectivity index (χ0) is 15.5. The quantitative estimate of drug-likeness (QED) is 0.836. The van der Waals surface area contributed by atoms with Gasteiger partial charge in [-0.05, 0) is 56.1 Å². The Hall–Kier alpha value is -1.82. The number of carbonyl (C=O) groups is 1. The number of hydrogen-bond acceptors (Lipinski definition) is 3. The van der Waals surface area contributed by atoms with Gasteiger partial charge in [-0.15, -0.1) is 0 Å². The highest BCUT2D eigenvalue weighted by Gasteiger charge is 2.24. The molecule has 1 aromatic carbocycles. The molecular weight excluding hydrogens is 298 g/mol. The van der Waals surface area contributed by atoms with Crippen molar-refractivity contribution in [3.05, 3.63) is 18.2 Å². The fraction of sp³-hybridized carbons (Fsp3) is 0.500. The lowest BCUT2D eigenvalue weighted by atomic mass is 10.1. The van der Waals surface area contributed by atoms with E-state index in [0.717, 1.165) is 30.8 Å². The number of amides is 1. The van der Waals surface area contributed by atoms with Crippen LogP contribution in [0.3, 0.4) is 0 Å². The van der Waals surface area contributed by atoms with E-state index in [2.05, 4.69) is 10.6 Å². The molecule has 0 radical (unpaired) electrons. The minimum atomic E-state index is 0.153. The first-order chi connectivity index (χ1) is 10.7. The first-order valence-electron chi connectivity index (χ1n) is 7.73. The summed E-state index contributed by atoms with van der Waals surface area (Å²) in [5, 5.41) is 7.06. The molecule has 0 spiro atoms. The van der Waals surface area contributed by atoms with Gasteiger partial charge in [-0.1, -0.05) is 0 Å². The first kappa shape index (κ1) is 15.1. The molecule has 3 rings (SSSR count). The van der Waals surface area contributed by atoms with Gasteiger partial charge in [-0.2, -0.15) is 0 Å². The molecule has 118 valence electrons. The smallest absolute Gasteiger partial charge is 0.227 e. The van der Waals surface area contributed by atoms with Crippen LogP contribution in [0.5, 0.6) is 5.75 Å². The number of methoxy groups -OCH3 is 1.